The molecule has 10 heteroatoms. The second-order valence-corrected chi connectivity index (χ2v) is 8.95. The van der Waals surface area contributed by atoms with Crippen LogP contribution in [0, 0.1) is 5.92 Å². The van der Waals surface area contributed by atoms with E-state index < -0.39 is 23.9 Å². The lowest BCUT2D eigenvalue weighted by Crippen LogP contribution is -2.36. The van der Waals surface area contributed by atoms with Crippen molar-refractivity contribution >= 4 is 34.8 Å². The van der Waals surface area contributed by atoms with Crippen molar-refractivity contribution in [2.45, 2.75) is 19.4 Å². The van der Waals surface area contributed by atoms with Crippen LogP contribution in [0.25, 0.3) is 0 Å². The van der Waals surface area contributed by atoms with E-state index in [0.717, 1.165) is 18.8 Å². The fraction of sp³-hybridized carbons (Fsp3) is 0.423. The Morgan fingerprint density at radius 1 is 0.972 bits per heavy atom. The summed E-state index contributed by atoms with van der Waals surface area (Å²) >= 11 is 0. The highest BCUT2D eigenvalue weighted by Crippen LogP contribution is 2.36. The van der Waals surface area contributed by atoms with Gasteiger partial charge in [0.2, 0.25) is 5.91 Å². The Labute approximate surface area is 209 Å². The maximum absolute atomic E-state index is 12.7. The second kappa shape index (κ2) is 10.4. The molecule has 0 aromatic heterocycles. The molecule has 2 aromatic rings. The monoisotopic (exact) mass is 495 g/mol. The molecule has 0 radical (unpaired) electrons. The maximum atomic E-state index is 12.7. The summed E-state index contributed by atoms with van der Waals surface area (Å²) in [4.78, 5) is 41.7. The molecule has 190 valence electrons. The van der Waals surface area contributed by atoms with Crippen molar-refractivity contribution in [3.05, 3.63) is 42.5 Å². The Bertz CT molecular complexity index is 1130. The van der Waals surface area contributed by atoms with E-state index in [0.29, 0.717) is 49.3 Å². The molecule has 2 saturated heterocycles. The highest BCUT2D eigenvalue weighted by Gasteiger charge is 2.37. The molecular formula is C26H29N3O7. The fourth-order valence-electron chi connectivity index (χ4n) is 4.46. The molecule has 2 amide bonds. The number of rotatable bonds is 6. The van der Waals surface area contributed by atoms with Crippen molar-refractivity contribution in [3.63, 3.8) is 0 Å². The first kappa shape index (κ1) is 23.9. The zero-order valence-corrected chi connectivity index (χ0v) is 20.1. The molecule has 2 atom stereocenters. The Kier molecular flexibility index (Phi) is 6.95. The Balaban J connectivity index is 1.14. The molecule has 3 aliphatic rings. The smallest absolute Gasteiger partial charge is 0.312 e. The molecular weight excluding hydrogens is 466 g/mol. The summed E-state index contributed by atoms with van der Waals surface area (Å²) in [6, 6.07) is 12.8. The number of morpholine rings is 1. The van der Waals surface area contributed by atoms with Crippen LogP contribution in [-0.4, -0.2) is 69.9 Å². The van der Waals surface area contributed by atoms with Crippen molar-refractivity contribution in [2.75, 3.05) is 61.2 Å². The number of carbonyl (C=O) groups excluding carboxylic acids is 3. The summed E-state index contributed by atoms with van der Waals surface area (Å²) in [5, 5.41) is 2.78. The molecule has 0 unspecified atom stereocenters. The molecule has 5 rings (SSSR count). The SMILES string of the molecule is C[C@H](OC(=O)[C@H]1CC(=O)N(c2ccc3c(c2)OCCO3)C1)C(=O)Nc1ccc(N2CCOCC2)cc1. The van der Waals surface area contributed by atoms with Crippen LogP contribution < -0.4 is 24.6 Å². The number of hydrogen-bond donors (Lipinski definition) is 1. The highest BCUT2D eigenvalue weighted by molar-refractivity contribution is 6.00. The van der Waals surface area contributed by atoms with Crippen molar-refractivity contribution in [1.29, 1.82) is 0 Å². The summed E-state index contributed by atoms with van der Waals surface area (Å²) in [5.74, 6) is -0.659. The van der Waals surface area contributed by atoms with E-state index in [4.69, 9.17) is 18.9 Å². The second-order valence-electron chi connectivity index (χ2n) is 8.95. The van der Waals surface area contributed by atoms with Gasteiger partial charge in [0.15, 0.2) is 17.6 Å². The number of esters is 1. The van der Waals surface area contributed by atoms with Crippen LogP contribution in [0.3, 0.4) is 0 Å². The number of nitrogens with zero attached hydrogens (tertiary/aromatic N) is 2. The van der Waals surface area contributed by atoms with Gasteiger partial charge in [-0.2, -0.15) is 0 Å². The van der Waals surface area contributed by atoms with E-state index >= 15 is 0 Å². The van der Waals surface area contributed by atoms with E-state index in [9.17, 15) is 14.4 Å². The summed E-state index contributed by atoms with van der Waals surface area (Å²) in [6.45, 7) is 5.67. The van der Waals surface area contributed by atoms with Crippen molar-refractivity contribution < 1.29 is 33.3 Å². The summed E-state index contributed by atoms with van der Waals surface area (Å²) in [5.41, 5.74) is 2.30. The van der Waals surface area contributed by atoms with Gasteiger partial charge in [-0.25, -0.2) is 0 Å². The van der Waals surface area contributed by atoms with Gasteiger partial charge >= 0.3 is 5.97 Å². The molecule has 0 aliphatic carbocycles. The summed E-state index contributed by atoms with van der Waals surface area (Å²) in [7, 11) is 0. The zero-order chi connectivity index (χ0) is 25.1. The molecule has 2 fully saturated rings. The topological polar surface area (TPSA) is 107 Å². The maximum Gasteiger partial charge on any atom is 0.312 e. The quantitative estimate of drug-likeness (QED) is 0.608. The Hall–Kier alpha value is -3.79. The first-order valence-corrected chi connectivity index (χ1v) is 12.1. The number of ether oxygens (including phenoxy) is 4. The van der Waals surface area contributed by atoms with Crippen LogP contribution in [0.15, 0.2) is 42.5 Å². The van der Waals surface area contributed by atoms with Crippen molar-refractivity contribution in [2.24, 2.45) is 5.92 Å². The van der Waals surface area contributed by atoms with Gasteiger partial charge < -0.3 is 34.1 Å². The highest BCUT2D eigenvalue weighted by atomic mass is 16.6. The van der Waals surface area contributed by atoms with E-state index in [-0.39, 0.29) is 18.9 Å². The number of carbonyl (C=O) groups is 3. The third kappa shape index (κ3) is 5.23. The van der Waals surface area contributed by atoms with Crippen LogP contribution in [0.4, 0.5) is 17.1 Å². The fourth-order valence-corrected chi connectivity index (χ4v) is 4.46. The molecule has 1 N–H and O–H groups in total. The van der Waals surface area contributed by atoms with E-state index in [1.807, 2.05) is 24.3 Å². The number of anilines is 3. The van der Waals surface area contributed by atoms with Crippen LogP contribution in [-0.2, 0) is 23.9 Å². The minimum absolute atomic E-state index is 0.0185. The molecule has 0 spiro atoms. The first-order valence-electron chi connectivity index (χ1n) is 12.1. The summed E-state index contributed by atoms with van der Waals surface area (Å²) < 4.78 is 21.9. The van der Waals surface area contributed by atoms with Gasteiger partial charge in [-0.05, 0) is 43.3 Å². The molecule has 3 aliphatic heterocycles. The molecule has 10 nitrogen and oxygen atoms in total. The molecule has 36 heavy (non-hydrogen) atoms. The van der Waals surface area contributed by atoms with Crippen molar-refractivity contribution in [1.82, 2.24) is 0 Å². The predicted octanol–water partition coefficient (Wildman–Crippen LogP) is 2.22. The predicted molar refractivity (Wildman–Crippen MR) is 132 cm³/mol. The first-order chi connectivity index (χ1) is 17.5. The van der Waals surface area contributed by atoms with Crippen LogP contribution in [0.2, 0.25) is 0 Å². The average molecular weight is 496 g/mol. The average Bonchev–Trinajstić information content (AvgIpc) is 3.31. The van der Waals surface area contributed by atoms with Gasteiger partial charge in [0.25, 0.3) is 5.91 Å². The number of fused-ring (bicyclic) bond motifs is 1. The van der Waals surface area contributed by atoms with Gasteiger partial charge in [0.05, 0.1) is 19.1 Å². The van der Waals surface area contributed by atoms with Crippen molar-refractivity contribution in [3.8, 4) is 11.5 Å². The van der Waals surface area contributed by atoms with Gasteiger partial charge in [-0.3, -0.25) is 14.4 Å². The molecule has 2 aromatic carbocycles. The number of amides is 2. The number of nitrogens with one attached hydrogen (secondary N) is 1. The minimum atomic E-state index is -1.00. The van der Waals surface area contributed by atoms with E-state index in [1.54, 1.807) is 18.2 Å². The number of hydrogen-bond acceptors (Lipinski definition) is 8. The standard InChI is InChI=1S/C26H29N3O7/c1-17(25(31)27-19-2-4-20(5-3-19)28-8-10-33-11-9-28)36-26(32)18-14-24(30)29(16-18)21-6-7-22-23(15-21)35-13-12-34-22/h2-7,15,17-18H,8-14,16H2,1H3,(H,27,31)/t17-,18-/m0/s1. The molecule has 0 bridgehead atoms. The molecule has 0 saturated carbocycles. The normalized spacial score (nSPS) is 20.1. The van der Waals surface area contributed by atoms with Crippen LogP contribution >= 0.6 is 0 Å². The van der Waals surface area contributed by atoms with Gasteiger partial charge in [-0.15, -0.1) is 0 Å². The van der Waals surface area contributed by atoms with Gasteiger partial charge in [-0.1, -0.05) is 0 Å². The number of benzene rings is 2. The zero-order valence-electron chi connectivity index (χ0n) is 20.1. The van der Waals surface area contributed by atoms with E-state index in [2.05, 4.69) is 10.2 Å². The third-order valence-electron chi connectivity index (χ3n) is 6.47. The lowest BCUT2D eigenvalue weighted by atomic mass is 10.1. The lowest BCUT2D eigenvalue weighted by molar-refractivity contribution is -0.157. The van der Waals surface area contributed by atoms with Crippen LogP contribution in [0.5, 0.6) is 11.5 Å². The minimum Gasteiger partial charge on any atom is -0.486 e. The lowest BCUT2D eigenvalue weighted by Gasteiger charge is -2.29. The Morgan fingerprint density at radius 3 is 2.42 bits per heavy atom. The van der Waals surface area contributed by atoms with Gasteiger partial charge in [0.1, 0.15) is 13.2 Å². The molecule has 3 heterocycles. The summed E-state index contributed by atoms with van der Waals surface area (Å²) in [6.07, 6.45) is -0.986. The largest absolute Gasteiger partial charge is 0.486 e. The van der Waals surface area contributed by atoms with Gasteiger partial charge in [0, 0.05) is 49.2 Å². The van der Waals surface area contributed by atoms with Crippen LogP contribution in [0.1, 0.15) is 13.3 Å². The van der Waals surface area contributed by atoms with E-state index in [1.165, 1.54) is 11.8 Å². The Morgan fingerprint density at radius 2 is 1.67 bits per heavy atom. The third-order valence-corrected chi connectivity index (χ3v) is 6.47.